The van der Waals surface area contributed by atoms with Gasteiger partial charge in [-0.15, -0.1) is 0 Å². The van der Waals surface area contributed by atoms with Gasteiger partial charge in [-0.25, -0.2) is 4.98 Å². The molecule has 1 aromatic rings. The zero-order valence-corrected chi connectivity index (χ0v) is 10.4. The molecule has 0 saturated heterocycles. The van der Waals surface area contributed by atoms with Crippen LogP contribution in [0, 0.1) is 5.92 Å². The maximum atomic E-state index is 5.67. The Balaban J connectivity index is 2.17. The van der Waals surface area contributed by atoms with Gasteiger partial charge in [-0.3, -0.25) is 4.68 Å². The molecule has 1 aromatic heterocycles. The molecule has 16 heavy (non-hydrogen) atoms. The van der Waals surface area contributed by atoms with Crippen LogP contribution < -0.4 is 5.73 Å². The van der Waals surface area contributed by atoms with E-state index in [0.717, 1.165) is 19.6 Å². The fourth-order valence-corrected chi connectivity index (χ4v) is 1.20. The van der Waals surface area contributed by atoms with Gasteiger partial charge in [-0.05, 0) is 19.3 Å². The van der Waals surface area contributed by atoms with Crippen molar-refractivity contribution in [2.24, 2.45) is 11.7 Å². The molecule has 5 heteroatoms. The van der Waals surface area contributed by atoms with E-state index in [4.69, 9.17) is 10.5 Å². The van der Waals surface area contributed by atoms with Gasteiger partial charge in [-0.2, -0.15) is 5.10 Å². The van der Waals surface area contributed by atoms with Crippen LogP contribution in [0.2, 0.25) is 0 Å². The van der Waals surface area contributed by atoms with Gasteiger partial charge < -0.3 is 10.5 Å². The average Bonchev–Trinajstić information content (AvgIpc) is 2.65. The topological polar surface area (TPSA) is 66.0 Å². The molecule has 0 bridgehead atoms. The molecule has 1 unspecified atom stereocenters. The summed E-state index contributed by atoms with van der Waals surface area (Å²) in [4.78, 5) is 4.11. The van der Waals surface area contributed by atoms with Gasteiger partial charge in [0.05, 0.1) is 19.2 Å². The minimum atomic E-state index is -0.108. The van der Waals surface area contributed by atoms with Gasteiger partial charge in [-0.1, -0.05) is 13.8 Å². The van der Waals surface area contributed by atoms with Crippen molar-refractivity contribution in [1.29, 1.82) is 0 Å². The normalized spacial score (nSPS) is 13.3. The molecule has 92 valence electrons. The largest absolute Gasteiger partial charge is 0.380 e. The summed E-state index contributed by atoms with van der Waals surface area (Å²) in [7, 11) is 0. The summed E-state index contributed by atoms with van der Waals surface area (Å²) < 4.78 is 7.27. The number of hydrogen-bond donors (Lipinski definition) is 1. The van der Waals surface area contributed by atoms with Crippen LogP contribution in [0.1, 0.15) is 39.1 Å². The van der Waals surface area contributed by atoms with Gasteiger partial charge in [0.1, 0.15) is 6.33 Å². The van der Waals surface area contributed by atoms with Gasteiger partial charge in [0, 0.05) is 6.61 Å². The van der Waals surface area contributed by atoms with Crippen molar-refractivity contribution in [3.8, 4) is 0 Å². The lowest BCUT2D eigenvalue weighted by molar-refractivity contribution is 0.114. The Hall–Kier alpha value is -0.940. The van der Waals surface area contributed by atoms with Crippen molar-refractivity contribution in [3.05, 3.63) is 12.2 Å². The van der Waals surface area contributed by atoms with Crippen LogP contribution in [0.3, 0.4) is 0 Å². The Morgan fingerprint density at radius 2 is 2.12 bits per heavy atom. The molecule has 0 fully saturated rings. The van der Waals surface area contributed by atoms with Gasteiger partial charge in [0.15, 0.2) is 5.82 Å². The summed E-state index contributed by atoms with van der Waals surface area (Å²) in [6.45, 7) is 8.48. The fraction of sp³-hybridized carbons (Fsp3) is 0.818. The molecule has 1 atom stereocenters. The van der Waals surface area contributed by atoms with Gasteiger partial charge in [0.2, 0.25) is 0 Å². The number of ether oxygens (including phenoxy) is 1. The molecule has 2 N–H and O–H groups in total. The third-order valence-corrected chi connectivity index (χ3v) is 2.27. The predicted octanol–water partition coefficient (Wildman–Crippen LogP) is 1.36. The highest BCUT2D eigenvalue weighted by Crippen LogP contribution is 2.01. The van der Waals surface area contributed by atoms with Crippen LogP contribution in [0.5, 0.6) is 0 Å². The second kappa shape index (κ2) is 6.60. The first-order valence-corrected chi connectivity index (χ1v) is 5.82. The van der Waals surface area contributed by atoms with Crippen molar-refractivity contribution < 1.29 is 4.74 Å². The van der Waals surface area contributed by atoms with Crippen LogP contribution in [-0.2, 0) is 11.3 Å². The van der Waals surface area contributed by atoms with Crippen molar-refractivity contribution in [1.82, 2.24) is 14.8 Å². The van der Waals surface area contributed by atoms with Gasteiger partial charge >= 0.3 is 0 Å². The highest BCUT2D eigenvalue weighted by molar-refractivity contribution is 4.87. The first-order chi connectivity index (χ1) is 7.59. The third-order valence-electron chi connectivity index (χ3n) is 2.27. The maximum Gasteiger partial charge on any atom is 0.166 e. The van der Waals surface area contributed by atoms with Crippen molar-refractivity contribution in [2.75, 3.05) is 13.2 Å². The van der Waals surface area contributed by atoms with E-state index in [9.17, 15) is 0 Å². The Morgan fingerprint density at radius 1 is 1.38 bits per heavy atom. The monoisotopic (exact) mass is 226 g/mol. The first kappa shape index (κ1) is 13.1. The van der Waals surface area contributed by atoms with E-state index in [0.29, 0.717) is 18.3 Å². The molecule has 5 nitrogen and oxygen atoms in total. The Kier molecular flexibility index (Phi) is 5.42. The van der Waals surface area contributed by atoms with E-state index >= 15 is 0 Å². The summed E-state index contributed by atoms with van der Waals surface area (Å²) in [5.41, 5.74) is 5.67. The highest BCUT2D eigenvalue weighted by atomic mass is 16.5. The van der Waals surface area contributed by atoms with Crippen molar-refractivity contribution in [3.63, 3.8) is 0 Å². The number of nitrogens with two attached hydrogens (primary N) is 1. The molecule has 0 spiro atoms. The van der Waals surface area contributed by atoms with Crippen LogP contribution in [-0.4, -0.2) is 28.0 Å². The zero-order chi connectivity index (χ0) is 12.0. The van der Waals surface area contributed by atoms with Crippen LogP contribution in [0.15, 0.2) is 6.33 Å². The molecular weight excluding hydrogens is 204 g/mol. The van der Waals surface area contributed by atoms with E-state index in [1.165, 1.54) is 0 Å². The Labute approximate surface area is 97.0 Å². The van der Waals surface area contributed by atoms with E-state index < -0.39 is 0 Å². The lowest BCUT2D eigenvalue weighted by atomic mass is 10.1. The zero-order valence-electron chi connectivity index (χ0n) is 10.4. The average molecular weight is 226 g/mol. The third kappa shape index (κ3) is 4.72. The number of nitrogens with zero attached hydrogens (tertiary/aromatic N) is 3. The minimum absolute atomic E-state index is 0.108. The minimum Gasteiger partial charge on any atom is -0.380 e. The molecular formula is C11H22N4O. The van der Waals surface area contributed by atoms with E-state index in [-0.39, 0.29) is 6.04 Å². The van der Waals surface area contributed by atoms with Crippen molar-refractivity contribution >= 4 is 0 Å². The van der Waals surface area contributed by atoms with E-state index in [1.54, 1.807) is 11.0 Å². The number of rotatable bonds is 7. The molecule has 1 rings (SSSR count). The predicted molar refractivity (Wildman–Crippen MR) is 62.9 cm³/mol. The van der Waals surface area contributed by atoms with E-state index in [1.807, 2.05) is 6.92 Å². The molecule has 0 aromatic carbocycles. The number of hydrogen-bond acceptors (Lipinski definition) is 4. The maximum absolute atomic E-state index is 5.67. The molecule has 0 amide bonds. The first-order valence-electron chi connectivity index (χ1n) is 5.82. The fourth-order valence-electron chi connectivity index (χ4n) is 1.20. The smallest absolute Gasteiger partial charge is 0.166 e. The lowest BCUT2D eigenvalue weighted by Gasteiger charge is -2.06. The Bertz CT molecular complexity index is 296. The molecule has 0 saturated carbocycles. The summed E-state index contributed by atoms with van der Waals surface area (Å²) in [6, 6.07) is -0.108. The molecule has 0 aliphatic carbocycles. The molecule has 1 heterocycles. The van der Waals surface area contributed by atoms with Crippen LogP contribution >= 0.6 is 0 Å². The Morgan fingerprint density at radius 3 is 2.69 bits per heavy atom. The van der Waals surface area contributed by atoms with Crippen LogP contribution in [0.25, 0.3) is 0 Å². The second-order valence-electron chi connectivity index (χ2n) is 4.45. The molecule has 0 aliphatic rings. The number of aromatic nitrogens is 3. The SMILES string of the molecule is CC(C)CCOCCn1cnc(C(C)N)n1. The standard InChI is InChI=1S/C11H22N4O/c1-9(2)4-6-16-7-5-15-8-13-11(14-15)10(3)12/h8-10H,4-7,12H2,1-3H3. The summed E-state index contributed by atoms with van der Waals surface area (Å²) in [6.07, 6.45) is 2.80. The van der Waals surface area contributed by atoms with Gasteiger partial charge in [0.25, 0.3) is 0 Å². The summed E-state index contributed by atoms with van der Waals surface area (Å²) >= 11 is 0. The molecule has 0 aliphatic heterocycles. The highest BCUT2D eigenvalue weighted by Gasteiger charge is 2.04. The molecule has 0 radical (unpaired) electrons. The summed E-state index contributed by atoms with van der Waals surface area (Å²) in [5.74, 6) is 1.37. The summed E-state index contributed by atoms with van der Waals surface area (Å²) in [5, 5.41) is 4.24. The lowest BCUT2D eigenvalue weighted by Crippen LogP contribution is -2.11. The van der Waals surface area contributed by atoms with E-state index in [2.05, 4.69) is 23.9 Å². The van der Waals surface area contributed by atoms with Crippen molar-refractivity contribution in [2.45, 2.75) is 39.8 Å². The second-order valence-corrected chi connectivity index (χ2v) is 4.45. The quantitative estimate of drug-likeness (QED) is 0.713. The van der Waals surface area contributed by atoms with Crippen LogP contribution in [0.4, 0.5) is 0 Å².